The van der Waals surface area contributed by atoms with E-state index in [4.69, 9.17) is 9.26 Å². The number of aryl methyl sites for hydroxylation is 1. The number of aromatic nitrogens is 3. The first-order chi connectivity index (χ1) is 9.85. The number of nitrogens with zero attached hydrogens (tertiary/aromatic N) is 3. The Kier molecular flexibility index (Phi) is 3.58. The van der Waals surface area contributed by atoms with Crippen LogP contribution >= 0.6 is 0 Å². The number of hydrogen-bond acceptors (Lipinski definition) is 5. The second-order valence-corrected chi connectivity index (χ2v) is 4.50. The monoisotopic (exact) mass is 269 g/mol. The summed E-state index contributed by atoms with van der Waals surface area (Å²) in [5.41, 5.74) is 0.949. The molecular formula is C15H15N3O2. The zero-order valence-corrected chi connectivity index (χ0v) is 11.2. The first-order valence-electron chi connectivity index (χ1n) is 6.64. The first-order valence-corrected chi connectivity index (χ1v) is 6.64. The minimum absolute atomic E-state index is 0.305. The topological polar surface area (TPSA) is 61.0 Å². The van der Waals surface area contributed by atoms with Crippen molar-refractivity contribution in [2.45, 2.75) is 26.4 Å². The normalized spacial score (nSPS) is 10.8. The van der Waals surface area contributed by atoms with E-state index in [2.05, 4.69) is 22.0 Å². The molecule has 0 saturated carbocycles. The molecule has 0 spiro atoms. The highest BCUT2D eigenvalue weighted by Gasteiger charge is 2.06. The summed E-state index contributed by atoms with van der Waals surface area (Å²) >= 11 is 0. The molecule has 0 amide bonds. The molecule has 0 unspecified atom stereocenters. The predicted octanol–water partition coefficient (Wildman–Crippen LogP) is 3.15. The number of pyridine rings is 1. The Hall–Kier alpha value is -2.43. The summed E-state index contributed by atoms with van der Waals surface area (Å²) in [6.45, 7) is 2.38. The average Bonchev–Trinajstić information content (AvgIpc) is 2.93. The Morgan fingerprint density at radius 3 is 3.10 bits per heavy atom. The molecule has 5 heteroatoms. The molecule has 3 rings (SSSR count). The van der Waals surface area contributed by atoms with Crippen LogP contribution in [0.4, 0.5) is 0 Å². The molecule has 0 radical (unpaired) electrons. The summed E-state index contributed by atoms with van der Waals surface area (Å²) in [5.74, 6) is 2.00. The molecule has 2 heterocycles. The standard InChI is InChI=1S/C15H15N3O2/c1-2-4-15-17-14(18-20-15)10-19-12-6-7-13-11(9-12)5-3-8-16-13/h3,5-9H,2,4,10H2,1H3. The molecule has 0 fully saturated rings. The lowest BCUT2D eigenvalue weighted by Gasteiger charge is -2.04. The maximum Gasteiger partial charge on any atom is 0.226 e. The molecule has 0 N–H and O–H groups in total. The van der Waals surface area contributed by atoms with Crippen molar-refractivity contribution in [3.8, 4) is 5.75 Å². The van der Waals surface area contributed by atoms with E-state index >= 15 is 0 Å². The van der Waals surface area contributed by atoms with E-state index in [1.165, 1.54) is 0 Å². The van der Waals surface area contributed by atoms with E-state index in [9.17, 15) is 0 Å². The van der Waals surface area contributed by atoms with Crippen molar-refractivity contribution >= 4 is 10.9 Å². The van der Waals surface area contributed by atoms with Gasteiger partial charge in [-0.1, -0.05) is 18.1 Å². The lowest BCUT2D eigenvalue weighted by Crippen LogP contribution is -1.98. The fourth-order valence-electron chi connectivity index (χ4n) is 1.96. The molecule has 0 aliphatic heterocycles. The van der Waals surface area contributed by atoms with Gasteiger partial charge in [0.15, 0.2) is 6.61 Å². The minimum Gasteiger partial charge on any atom is -0.485 e. The van der Waals surface area contributed by atoms with Gasteiger partial charge in [0.25, 0.3) is 0 Å². The molecule has 1 aromatic carbocycles. The molecule has 0 bridgehead atoms. The van der Waals surface area contributed by atoms with Gasteiger partial charge in [-0.05, 0) is 30.7 Å². The average molecular weight is 269 g/mol. The summed E-state index contributed by atoms with van der Waals surface area (Å²) in [4.78, 5) is 8.53. The van der Waals surface area contributed by atoms with Crippen LogP contribution in [-0.4, -0.2) is 15.1 Å². The summed E-state index contributed by atoms with van der Waals surface area (Å²) in [7, 11) is 0. The molecule has 2 aromatic heterocycles. The minimum atomic E-state index is 0.305. The summed E-state index contributed by atoms with van der Waals surface area (Å²) < 4.78 is 10.8. The zero-order chi connectivity index (χ0) is 13.8. The number of ether oxygens (including phenoxy) is 1. The number of fused-ring (bicyclic) bond motifs is 1. The lowest BCUT2D eigenvalue weighted by molar-refractivity contribution is 0.285. The van der Waals surface area contributed by atoms with Gasteiger partial charge in [-0.25, -0.2) is 0 Å². The third-order valence-corrected chi connectivity index (χ3v) is 2.92. The number of hydrogen-bond donors (Lipinski definition) is 0. The van der Waals surface area contributed by atoms with E-state index in [-0.39, 0.29) is 0 Å². The van der Waals surface area contributed by atoms with Crippen molar-refractivity contribution in [3.63, 3.8) is 0 Å². The fourth-order valence-corrected chi connectivity index (χ4v) is 1.96. The van der Waals surface area contributed by atoms with Gasteiger partial charge in [0, 0.05) is 18.0 Å². The van der Waals surface area contributed by atoms with Crippen LogP contribution < -0.4 is 4.74 Å². The van der Waals surface area contributed by atoms with Gasteiger partial charge in [0.1, 0.15) is 5.75 Å². The van der Waals surface area contributed by atoms with Crippen molar-refractivity contribution in [1.82, 2.24) is 15.1 Å². The van der Waals surface area contributed by atoms with E-state index in [1.54, 1.807) is 6.20 Å². The van der Waals surface area contributed by atoms with Crippen LogP contribution in [0.3, 0.4) is 0 Å². The first kappa shape index (κ1) is 12.6. The summed E-state index contributed by atoms with van der Waals surface area (Å²) in [5, 5.41) is 4.93. The second kappa shape index (κ2) is 5.69. The van der Waals surface area contributed by atoms with Crippen molar-refractivity contribution in [2.75, 3.05) is 0 Å². The van der Waals surface area contributed by atoms with Crippen LogP contribution in [0.1, 0.15) is 25.1 Å². The Morgan fingerprint density at radius 2 is 2.20 bits per heavy atom. The molecule has 0 atom stereocenters. The second-order valence-electron chi connectivity index (χ2n) is 4.50. The van der Waals surface area contributed by atoms with Crippen molar-refractivity contribution in [2.24, 2.45) is 0 Å². The quantitative estimate of drug-likeness (QED) is 0.712. The lowest BCUT2D eigenvalue weighted by atomic mass is 10.2. The highest BCUT2D eigenvalue weighted by atomic mass is 16.5. The third-order valence-electron chi connectivity index (χ3n) is 2.92. The van der Waals surface area contributed by atoms with Crippen LogP contribution in [0.2, 0.25) is 0 Å². The van der Waals surface area contributed by atoms with Gasteiger partial charge in [0.2, 0.25) is 11.7 Å². The van der Waals surface area contributed by atoms with Crippen LogP contribution in [0.15, 0.2) is 41.1 Å². The van der Waals surface area contributed by atoms with Gasteiger partial charge in [0.05, 0.1) is 5.52 Å². The maximum atomic E-state index is 5.68. The van der Waals surface area contributed by atoms with Crippen LogP contribution in [0.5, 0.6) is 5.75 Å². The summed E-state index contributed by atoms with van der Waals surface area (Å²) in [6, 6.07) is 9.69. The Bertz CT molecular complexity index is 709. The van der Waals surface area contributed by atoms with Crippen LogP contribution in [0.25, 0.3) is 10.9 Å². The van der Waals surface area contributed by atoms with Gasteiger partial charge in [-0.3, -0.25) is 4.98 Å². The molecule has 3 aromatic rings. The summed E-state index contributed by atoms with van der Waals surface area (Å²) in [6.07, 6.45) is 3.56. The van der Waals surface area contributed by atoms with E-state index < -0.39 is 0 Å². The Balaban J connectivity index is 1.69. The Morgan fingerprint density at radius 1 is 1.25 bits per heavy atom. The van der Waals surface area contributed by atoms with Gasteiger partial charge >= 0.3 is 0 Å². The Labute approximate surface area is 116 Å². The van der Waals surface area contributed by atoms with E-state index in [0.29, 0.717) is 18.3 Å². The third kappa shape index (κ3) is 2.77. The molecule has 0 aliphatic carbocycles. The molecule has 102 valence electrons. The van der Waals surface area contributed by atoms with Crippen LogP contribution in [0, 0.1) is 0 Å². The molecule has 20 heavy (non-hydrogen) atoms. The van der Waals surface area contributed by atoms with E-state index in [0.717, 1.165) is 29.5 Å². The predicted molar refractivity (Wildman–Crippen MR) is 74.4 cm³/mol. The van der Waals surface area contributed by atoms with Crippen molar-refractivity contribution in [3.05, 3.63) is 48.2 Å². The molecule has 5 nitrogen and oxygen atoms in total. The van der Waals surface area contributed by atoms with Gasteiger partial charge in [-0.15, -0.1) is 0 Å². The SMILES string of the molecule is CCCc1nc(COc2ccc3ncccc3c2)no1. The molecular weight excluding hydrogens is 254 g/mol. The van der Waals surface area contributed by atoms with Crippen molar-refractivity contribution < 1.29 is 9.26 Å². The number of rotatable bonds is 5. The fraction of sp³-hybridized carbons (Fsp3) is 0.267. The number of benzene rings is 1. The smallest absolute Gasteiger partial charge is 0.226 e. The highest BCUT2D eigenvalue weighted by molar-refractivity contribution is 5.79. The zero-order valence-electron chi connectivity index (χ0n) is 11.2. The largest absolute Gasteiger partial charge is 0.485 e. The van der Waals surface area contributed by atoms with Crippen LogP contribution in [-0.2, 0) is 13.0 Å². The van der Waals surface area contributed by atoms with Gasteiger partial charge in [-0.2, -0.15) is 4.98 Å². The van der Waals surface area contributed by atoms with Crippen molar-refractivity contribution in [1.29, 1.82) is 0 Å². The van der Waals surface area contributed by atoms with Gasteiger partial charge < -0.3 is 9.26 Å². The molecule has 0 saturated heterocycles. The maximum absolute atomic E-state index is 5.68. The highest BCUT2D eigenvalue weighted by Crippen LogP contribution is 2.19. The van der Waals surface area contributed by atoms with E-state index in [1.807, 2.05) is 30.3 Å². The molecule has 0 aliphatic rings.